The number of Topliss-reactive ketones (excluding diaryl/α,β-unsaturated/α-hetero) is 1. The number of carbonyl (C=O) groups is 1. The summed E-state index contributed by atoms with van der Waals surface area (Å²) in [6.45, 7) is 0.00282. The maximum atomic E-state index is 11.2. The first kappa shape index (κ1) is 7.24. The summed E-state index contributed by atoms with van der Waals surface area (Å²) in [5.41, 5.74) is 0.358. The van der Waals surface area contributed by atoms with Gasteiger partial charge in [0.05, 0.1) is 5.56 Å². The number of carbonyl (C=O) groups excluding carboxylic acids is 1. The molecule has 2 heterocycles. The van der Waals surface area contributed by atoms with Crippen molar-refractivity contribution in [2.75, 3.05) is 6.61 Å². The molecular weight excluding hydrogens is 158 g/mol. The van der Waals surface area contributed by atoms with Crippen molar-refractivity contribution in [1.82, 2.24) is 4.98 Å². The molecule has 62 valence electrons. The van der Waals surface area contributed by atoms with E-state index in [4.69, 9.17) is 9.84 Å². The van der Waals surface area contributed by atoms with Gasteiger partial charge in [-0.2, -0.15) is 0 Å². The number of aliphatic hydroxyl groups excluding tert-OH is 1. The Labute approximate surface area is 68.8 Å². The van der Waals surface area contributed by atoms with Gasteiger partial charge in [-0.15, -0.1) is 0 Å². The van der Waals surface area contributed by atoms with Gasteiger partial charge in [-0.3, -0.25) is 4.79 Å². The quantitative estimate of drug-likeness (QED) is 0.588. The third-order valence-electron chi connectivity index (χ3n) is 1.72. The minimum atomic E-state index is -1.04. The van der Waals surface area contributed by atoms with E-state index in [2.05, 4.69) is 4.98 Å². The van der Waals surface area contributed by atoms with Gasteiger partial charge < -0.3 is 9.84 Å². The Morgan fingerprint density at radius 2 is 2.50 bits per heavy atom. The van der Waals surface area contributed by atoms with Crippen LogP contribution in [0.2, 0.25) is 0 Å². The summed E-state index contributed by atoms with van der Waals surface area (Å²) in [5.74, 6) is -0.00264. The second-order valence-electron chi connectivity index (χ2n) is 2.55. The topological polar surface area (TPSA) is 59.4 Å². The van der Waals surface area contributed by atoms with Crippen molar-refractivity contribution in [2.45, 2.75) is 6.10 Å². The molecule has 4 heteroatoms. The van der Waals surface area contributed by atoms with Crippen LogP contribution in [-0.2, 0) is 0 Å². The van der Waals surface area contributed by atoms with Crippen LogP contribution < -0.4 is 4.74 Å². The molecule has 0 spiro atoms. The third-order valence-corrected chi connectivity index (χ3v) is 1.72. The van der Waals surface area contributed by atoms with Gasteiger partial charge in [-0.05, 0) is 12.1 Å². The molecule has 0 aliphatic carbocycles. The Morgan fingerprint density at radius 1 is 1.67 bits per heavy atom. The lowest BCUT2D eigenvalue weighted by Gasteiger charge is -2.18. The summed E-state index contributed by atoms with van der Waals surface area (Å²) >= 11 is 0. The van der Waals surface area contributed by atoms with Gasteiger partial charge >= 0.3 is 0 Å². The van der Waals surface area contributed by atoms with Crippen molar-refractivity contribution >= 4 is 5.78 Å². The van der Waals surface area contributed by atoms with Crippen molar-refractivity contribution in [1.29, 1.82) is 0 Å². The Hall–Kier alpha value is -1.42. The van der Waals surface area contributed by atoms with Gasteiger partial charge in [0.2, 0.25) is 5.88 Å². The minimum absolute atomic E-state index is 0.00282. The molecule has 12 heavy (non-hydrogen) atoms. The average Bonchev–Trinajstić information content (AvgIpc) is 2.12. The largest absolute Gasteiger partial charge is 0.474 e. The van der Waals surface area contributed by atoms with Crippen LogP contribution in [0.4, 0.5) is 0 Å². The Balaban J connectivity index is 2.49. The zero-order valence-corrected chi connectivity index (χ0v) is 6.23. The zero-order valence-electron chi connectivity index (χ0n) is 6.23. The molecule has 1 aromatic rings. The first-order chi connectivity index (χ1) is 5.79. The van der Waals surface area contributed by atoms with E-state index in [1.165, 1.54) is 0 Å². The van der Waals surface area contributed by atoms with Crippen molar-refractivity contribution in [2.24, 2.45) is 0 Å². The first-order valence-corrected chi connectivity index (χ1v) is 3.59. The van der Waals surface area contributed by atoms with E-state index < -0.39 is 6.10 Å². The Bertz CT molecular complexity index is 324. The van der Waals surface area contributed by atoms with Crippen molar-refractivity contribution in [3.8, 4) is 5.88 Å². The molecule has 4 nitrogen and oxygen atoms in total. The Morgan fingerprint density at radius 3 is 3.33 bits per heavy atom. The fourth-order valence-electron chi connectivity index (χ4n) is 1.11. The fraction of sp³-hybridized carbons (Fsp3) is 0.250. The van der Waals surface area contributed by atoms with Gasteiger partial charge in [-0.1, -0.05) is 0 Å². The number of fused-ring (bicyclic) bond motifs is 1. The normalized spacial score (nSPS) is 21.4. The standard InChI is InChI=1S/C8H7NO3/c10-6-4-12-8-5(7(6)11)2-1-3-9-8/h1-3,6,10H,4H2. The summed E-state index contributed by atoms with van der Waals surface area (Å²) in [7, 11) is 0. The number of pyridine rings is 1. The third kappa shape index (κ3) is 0.967. The summed E-state index contributed by atoms with van der Waals surface area (Å²) in [6.07, 6.45) is 0.505. The molecule has 1 N–H and O–H groups in total. The highest BCUT2D eigenvalue weighted by molar-refractivity contribution is 6.02. The maximum Gasteiger partial charge on any atom is 0.224 e. The number of aromatic nitrogens is 1. The van der Waals surface area contributed by atoms with Crippen LogP contribution in [0.1, 0.15) is 10.4 Å². The number of ether oxygens (including phenoxy) is 1. The van der Waals surface area contributed by atoms with Crippen LogP contribution >= 0.6 is 0 Å². The van der Waals surface area contributed by atoms with E-state index >= 15 is 0 Å². The summed E-state index contributed by atoms with van der Waals surface area (Å²) in [5, 5.41) is 9.12. The lowest BCUT2D eigenvalue weighted by atomic mass is 10.1. The highest BCUT2D eigenvalue weighted by Gasteiger charge is 2.27. The highest BCUT2D eigenvalue weighted by atomic mass is 16.5. The molecule has 1 atom stereocenters. The molecular formula is C8H7NO3. The smallest absolute Gasteiger partial charge is 0.224 e. The van der Waals surface area contributed by atoms with Gasteiger partial charge in [0.15, 0.2) is 11.9 Å². The van der Waals surface area contributed by atoms with Crippen LogP contribution in [0.5, 0.6) is 5.88 Å². The molecule has 1 unspecified atom stereocenters. The Kier molecular flexibility index (Phi) is 1.55. The average molecular weight is 165 g/mol. The van der Waals surface area contributed by atoms with Crippen molar-refractivity contribution in [3.05, 3.63) is 23.9 Å². The van der Waals surface area contributed by atoms with Gasteiger partial charge in [0.25, 0.3) is 0 Å². The lowest BCUT2D eigenvalue weighted by Crippen LogP contribution is -2.32. The lowest BCUT2D eigenvalue weighted by molar-refractivity contribution is 0.0547. The molecule has 0 saturated carbocycles. The van der Waals surface area contributed by atoms with Gasteiger partial charge in [0, 0.05) is 6.20 Å². The fourth-order valence-corrected chi connectivity index (χ4v) is 1.11. The number of hydrogen-bond donors (Lipinski definition) is 1. The van der Waals surface area contributed by atoms with E-state index in [9.17, 15) is 4.79 Å². The number of ketones is 1. The zero-order chi connectivity index (χ0) is 8.55. The minimum Gasteiger partial charge on any atom is -0.474 e. The molecule has 1 aliphatic heterocycles. The molecule has 2 rings (SSSR count). The monoisotopic (exact) mass is 165 g/mol. The second-order valence-corrected chi connectivity index (χ2v) is 2.55. The molecule has 0 saturated heterocycles. The second kappa shape index (κ2) is 2.57. The van der Waals surface area contributed by atoms with E-state index in [1.54, 1.807) is 18.3 Å². The van der Waals surface area contributed by atoms with Crippen molar-refractivity contribution < 1.29 is 14.6 Å². The highest BCUT2D eigenvalue weighted by Crippen LogP contribution is 2.20. The van der Waals surface area contributed by atoms with Gasteiger partial charge in [0.1, 0.15) is 6.61 Å². The number of rotatable bonds is 0. The van der Waals surface area contributed by atoms with E-state index in [0.29, 0.717) is 11.4 Å². The molecule has 0 radical (unpaired) electrons. The van der Waals surface area contributed by atoms with Crippen LogP contribution in [0.3, 0.4) is 0 Å². The number of hydrogen-bond acceptors (Lipinski definition) is 4. The summed E-state index contributed by atoms with van der Waals surface area (Å²) in [6, 6.07) is 3.23. The predicted molar refractivity (Wildman–Crippen MR) is 40.1 cm³/mol. The number of aliphatic hydroxyl groups is 1. The van der Waals surface area contributed by atoms with E-state index in [-0.39, 0.29) is 12.4 Å². The van der Waals surface area contributed by atoms with Crippen molar-refractivity contribution in [3.63, 3.8) is 0 Å². The van der Waals surface area contributed by atoms with Crippen LogP contribution in [-0.4, -0.2) is 28.6 Å². The van der Waals surface area contributed by atoms with Crippen LogP contribution in [0.15, 0.2) is 18.3 Å². The van der Waals surface area contributed by atoms with Crippen LogP contribution in [0.25, 0.3) is 0 Å². The molecule has 0 amide bonds. The molecule has 0 bridgehead atoms. The van der Waals surface area contributed by atoms with E-state index in [0.717, 1.165) is 0 Å². The SMILES string of the molecule is O=C1c2cccnc2OCC1O. The molecule has 1 aromatic heterocycles. The molecule has 1 aliphatic rings. The van der Waals surface area contributed by atoms with Gasteiger partial charge in [-0.25, -0.2) is 4.98 Å². The van der Waals surface area contributed by atoms with E-state index in [1.807, 2.05) is 0 Å². The molecule has 0 fully saturated rings. The summed E-state index contributed by atoms with van der Waals surface area (Å²) < 4.78 is 5.02. The maximum absolute atomic E-state index is 11.2. The molecule has 0 aromatic carbocycles. The van der Waals surface area contributed by atoms with Crippen LogP contribution in [0, 0.1) is 0 Å². The summed E-state index contributed by atoms with van der Waals surface area (Å²) in [4.78, 5) is 15.1. The first-order valence-electron chi connectivity index (χ1n) is 3.59. The predicted octanol–water partition coefficient (Wildman–Crippen LogP) is 0.0176. The number of nitrogens with zero attached hydrogens (tertiary/aromatic N) is 1.